The number of hydrogen-bond acceptors (Lipinski definition) is 1. The second kappa shape index (κ2) is 4.53. The Hall–Kier alpha value is -0.670. The fourth-order valence-corrected chi connectivity index (χ4v) is 1.84. The van der Waals surface area contributed by atoms with Crippen molar-refractivity contribution in [2.24, 2.45) is 5.92 Å². The fraction of sp³-hybridized carbons (Fsp3) is 0.889. The minimum absolute atomic E-state index is 0.438. The number of hydrogen-bond donors (Lipinski definition) is 0. The van der Waals surface area contributed by atoms with Crippen LogP contribution in [0.2, 0.25) is 0 Å². The zero-order valence-corrected chi connectivity index (χ0v) is 7.80. The van der Waals surface area contributed by atoms with Gasteiger partial charge in [-0.3, -0.25) is 4.79 Å². The van der Waals surface area contributed by atoms with Gasteiger partial charge in [0.2, 0.25) is 0 Å². The molecule has 0 radical (unpaired) electrons. The van der Waals surface area contributed by atoms with Crippen molar-refractivity contribution in [1.82, 2.24) is 4.90 Å². The van der Waals surface area contributed by atoms with Gasteiger partial charge in [-0.2, -0.15) is 8.78 Å². The molecule has 0 unspecified atom stereocenters. The summed E-state index contributed by atoms with van der Waals surface area (Å²) in [5.74, 6) is -0.611. The number of carbonyl (C=O) groups is 1. The van der Waals surface area contributed by atoms with E-state index >= 15 is 0 Å². The molecule has 0 bridgehead atoms. The molecule has 0 aromatic carbocycles. The average molecular weight is 191 g/mol. The van der Waals surface area contributed by atoms with Crippen LogP contribution in [-0.4, -0.2) is 30.8 Å². The minimum atomic E-state index is -2.86. The molecule has 0 aliphatic heterocycles. The molecule has 4 heteroatoms. The van der Waals surface area contributed by atoms with Gasteiger partial charge in [0.25, 0.3) is 5.91 Å². The third-order valence-corrected chi connectivity index (χ3v) is 2.57. The van der Waals surface area contributed by atoms with E-state index in [-0.39, 0.29) is 0 Å². The number of carbonyl (C=O) groups excluding carboxylic acids is 1. The molecule has 0 saturated heterocycles. The number of nitrogens with zero attached hydrogens (tertiary/aromatic N) is 1. The molecule has 1 aliphatic carbocycles. The number of rotatable bonds is 3. The summed E-state index contributed by atoms with van der Waals surface area (Å²) in [5.41, 5.74) is 0. The molecular formula is C9H15F2NO. The molecule has 76 valence electrons. The van der Waals surface area contributed by atoms with Crippen molar-refractivity contribution in [3.05, 3.63) is 0 Å². The topological polar surface area (TPSA) is 20.3 Å². The highest BCUT2D eigenvalue weighted by Gasteiger charge is 2.24. The molecule has 0 heterocycles. The number of halogens is 2. The Morgan fingerprint density at radius 3 is 2.46 bits per heavy atom. The van der Waals surface area contributed by atoms with Gasteiger partial charge in [-0.05, 0) is 18.8 Å². The maximum absolute atomic E-state index is 12.0. The maximum Gasteiger partial charge on any atom is 0.315 e. The van der Waals surface area contributed by atoms with Crippen LogP contribution in [0.15, 0.2) is 0 Å². The average Bonchev–Trinajstić information content (AvgIpc) is 2.55. The lowest BCUT2D eigenvalue weighted by molar-refractivity contribution is -0.141. The van der Waals surface area contributed by atoms with E-state index in [1.165, 1.54) is 19.9 Å². The lowest BCUT2D eigenvalue weighted by Gasteiger charge is -2.20. The van der Waals surface area contributed by atoms with Crippen molar-refractivity contribution in [2.75, 3.05) is 13.6 Å². The normalized spacial score (nSPS) is 18.2. The van der Waals surface area contributed by atoms with Gasteiger partial charge in [-0.15, -0.1) is 0 Å². The molecule has 0 aromatic rings. The molecule has 1 aliphatic rings. The van der Waals surface area contributed by atoms with Crippen LogP contribution in [0.1, 0.15) is 25.7 Å². The molecule has 0 spiro atoms. The van der Waals surface area contributed by atoms with Crippen molar-refractivity contribution in [3.8, 4) is 0 Å². The van der Waals surface area contributed by atoms with E-state index in [0.717, 1.165) is 17.7 Å². The molecule has 1 rings (SSSR count). The van der Waals surface area contributed by atoms with Crippen molar-refractivity contribution < 1.29 is 13.6 Å². The first-order valence-corrected chi connectivity index (χ1v) is 4.64. The van der Waals surface area contributed by atoms with E-state index in [1.807, 2.05) is 0 Å². The smallest absolute Gasteiger partial charge is 0.315 e. The first kappa shape index (κ1) is 10.4. The van der Waals surface area contributed by atoms with Gasteiger partial charge in [0.05, 0.1) is 0 Å². The molecule has 0 atom stereocenters. The highest BCUT2D eigenvalue weighted by Crippen LogP contribution is 2.25. The van der Waals surface area contributed by atoms with Crippen molar-refractivity contribution in [1.29, 1.82) is 0 Å². The van der Waals surface area contributed by atoms with Gasteiger partial charge in [0.1, 0.15) is 0 Å². The lowest BCUT2D eigenvalue weighted by Crippen LogP contribution is -2.35. The quantitative estimate of drug-likeness (QED) is 0.667. The predicted molar refractivity (Wildman–Crippen MR) is 45.6 cm³/mol. The van der Waals surface area contributed by atoms with Crippen LogP contribution < -0.4 is 0 Å². The second-order valence-electron chi connectivity index (χ2n) is 3.67. The largest absolute Gasteiger partial charge is 0.341 e. The molecule has 2 nitrogen and oxygen atoms in total. The summed E-state index contributed by atoms with van der Waals surface area (Å²) in [6.45, 7) is 0.489. The Labute approximate surface area is 76.9 Å². The van der Waals surface area contributed by atoms with E-state index in [9.17, 15) is 13.6 Å². The Morgan fingerprint density at radius 2 is 2.00 bits per heavy atom. The number of alkyl halides is 2. The van der Waals surface area contributed by atoms with Crippen LogP contribution in [0, 0.1) is 5.92 Å². The van der Waals surface area contributed by atoms with Crippen LogP contribution in [-0.2, 0) is 4.79 Å². The standard InChI is InChI=1S/C9H15F2NO/c1-12(9(13)8(10)11)6-7-4-2-3-5-7/h7-8H,2-6H2,1H3. The zero-order valence-electron chi connectivity index (χ0n) is 7.80. The molecule has 1 saturated carbocycles. The van der Waals surface area contributed by atoms with Crippen molar-refractivity contribution in [3.63, 3.8) is 0 Å². The van der Waals surface area contributed by atoms with Gasteiger partial charge in [-0.1, -0.05) is 12.8 Å². The van der Waals surface area contributed by atoms with Gasteiger partial charge in [0.15, 0.2) is 0 Å². The summed E-state index contributed by atoms with van der Waals surface area (Å²) in [4.78, 5) is 12.0. The highest BCUT2D eigenvalue weighted by atomic mass is 19.3. The summed E-state index contributed by atoms with van der Waals surface area (Å²) in [6, 6.07) is 0. The predicted octanol–water partition coefficient (Wildman–Crippen LogP) is 1.90. The van der Waals surface area contributed by atoms with Crippen molar-refractivity contribution in [2.45, 2.75) is 32.1 Å². The van der Waals surface area contributed by atoms with Gasteiger partial charge in [-0.25, -0.2) is 0 Å². The van der Waals surface area contributed by atoms with Gasteiger partial charge >= 0.3 is 6.43 Å². The molecule has 1 amide bonds. The van der Waals surface area contributed by atoms with E-state index < -0.39 is 12.3 Å². The van der Waals surface area contributed by atoms with E-state index in [1.54, 1.807) is 0 Å². The summed E-state index contributed by atoms with van der Waals surface area (Å²) in [7, 11) is 1.45. The van der Waals surface area contributed by atoms with E-state index in [2.05, 4.69) is 0 Å². The van der Waals surface area contributed by atoms with Crippen molar-refractivity contribution >= 4 is 5.91 Å². The van der Waals surface area contributed by atoms with Crippen LogP contribution in [0.5, 0.6) is 0 Å². The zero-order chi connectivity index (χ0) is 9.84. The monoisotopic (exact) mass is 191 g/mol. The highest BCUT2D eigenvalue weighted by molar-refractivity contribution is 5.78. The minimum Gasteiger partial charge on any atom is -0.341 e. The third-order valence-electron chi connectivity index (χ3n) is 2.57. The Kier molecular flexibility index (Phi) is 3.63. The Morgan fingerprint density at radius 1 is 1.46 bits per heavy atom. The van der Waals surface area contributed by atoms with Crippen LogP contribution in [0.4, 0.5) is 8.78 Å². The summed E-state index contributed by atoms with van der Waals surface area (Å²) < 4.78 is 23.9. The molecule has 1 fully saturated rings. The van der Waals surface area contributed by atoms with Gasteiger partial charge in [0, 0.05) is 13.6 Å². The molecular weight excluding hydrogens is 176 g/mol. The summed E-state index contributed by atoms with van der Waals surface area (Å²) in [5, 5.41) is 0. The Bertz CT molecular complexity index is 178. The van der Waals surface area contributed by atoms with Crippen LogP contribution >= 0.6 is 0 Å². The maximum atomic E-state index is 12.0. The molecule has 0 aromatic heterocycles. The summed E-state index contributed by atoms with van der Waals surface area (Å²) in [6.07, 6.45) is 1.62. The lowest BCUT2D eigenvalue weighted by atomic mass is 10.1. The summed E-state index contributed by atoms with van der Waals surface area (Å²) >= 11 is 0. The second-order valence-corrected chi connectivity index (χ2v) is 3.67. The van der Waals surface area contributed by atoms with Crippen LogP contribution in [0.25, 0.3) is 0 Å². The molecule has 0 N–H and O–H groups in total. The van der Waals surface area contributed by atoms with E-state index in [4.69, 9.17) is 0 Å². The Balaban J connectivity index is 2.31. The van der Waals surface area contributed by atoms with E-state index in [0.29, 0.717) is 12.5 Å². The first-order valence-electron chi connectivity index (χ1n) is 4.64. The SMILES string of the molecule is CN(CC1CCCC1)C(=O)C(F)F. The first-order chi connectivity index (χ1) is 6.11. The molecule has 13 heavy (non-hydrogen) atoms. The number of amides is 1. The van der Waals surface area contributed by atoms with Crippen LogP contribution in [0.3, 0.4) is 0 Å². The van der Waals surface area contributed by atoms with Gasteiger partial charge < -0.3 is 4.90 Å². The third kappa shape index (κ3) is 2.94. The fourth-order valence-electron chi connectivity index (χ4n) is 1.84.